The Labute approximate surface area is 103 Å². The monoisotopic (exact) mass is 243 g/mol. The summed E-state index contributed by atoms with van der Waals surface area (Å²) < 4.78 is 0. The number of thioether (sulfide) groups is 1. The summed E-state index contributed by atoms with van der Waals surface area (Å²) in [6.45, 7) is 0. The Bertz CT molecular complexity index is 533. The van der Waals surface area contributed by atoms with Gasteiger partial charge in [-0.25, -0.2) is 4.99 Å². The maximum Gasteiger partial charge on any atom is 0.164 e. The van der Waals surface area contributed by atoms with Gasteiger partial charge in [0, 0.05) is 0 Å². The number of amidine groups is 1. The van der Waals surface area contributed by atoms with E-state index in [1.165, 1.54) is 0 Å². The van der Waals surface area contributed by atoms with Gasteiger partial charge in [0.2, 0.25) is 0 Å². The first kappa shape index (κ1) is 12.6. The van der Waals surface area contributed by atoms with E-state index in [4.69, 9.17) is 22.0 Å². The number of nitriles is 2. The molecule has 0 aliphatic rings. The number of benzene rings is 1. The molecular formula is C11H9N5S. The van der Waals surface area contributed by atoms with Gasteiger partial charge in [0.1, 0.15) is 22.7 Å². The summed E-state index contributed by atoms with van der Waals surface area (Å²) in [5.74, 6) is 0. The third-order valence-corrected chi connectivity index (χ3v) is 2.48. The van der Waals surface area contributed by atoms with E-state index in [1.54, 1.807) is 24.3 Å². The Morgan fingerprint density at radius 3 is 2.29 bits per heavy atom. The lowest BCUT2D eigenvalue weighted by Crippen LogP contribution is -2.08. The minimum Gasteiger partial charge on any atom is -0.389 e. The van der Waals surface area contributed by atoms with Crippen molar-refractivity contribution in [3.63, 3.8) is 0 Å². The van der Waals surface area contributed by atoms with Crippen molar-refractivity contribution in [3.05, 3.63) is 40.9 Å². The van der Waals surface area contributed by atoms with E-state index < -0.39 is 0 Å². The largest absolute Gasteiger partial charge is 0.389 e. The summed E-state index contributed by atoms with van der Waals surface area (Å²) in [6, 6.07) is 12.5. The SMILES string of the molecule is N#CC(N)=C(C#N)SC(N)=Nc1ccccc1. The number of allylic oxidation sites excluding steroid dienone is 2. The molecule has 0 spiro atoms. The van der Waals surface area contributed by atoms with E-state index in [2.05, 4.69) is 4.99 Å². The summed E-state index contributed by atoms with van der Waals surface area (Å²) in [4.78, 5) is 4.12. The van der Waals surface area contributed by atoms with Crippen molar-refractivity contribution in [2.75, 3.05) is 0 Å². The lowest BCUT2D eigenvalue weighted by molar-refractivity contribution is 1.37. The first-order chi connectivity index (χ1) is 8.17. The van der Waals surface area contributed by atoms with Crippen LogP contribution in [0.2, 0.25) is 0 Å². The zero-order valence-corrected chi connectivity index (χ0v) is 9.61. The first-order valence-electron chi connectivity index (χ1n) is 4.54. The fraction of sp³-hybridized carbons (Fsp3) is 0. The molecular weight excluding hydrogens is 234 g/mol. The van der Waals surface area contributed by atoms with E-state index in [-0.39, 0.29) is 15.8 Å². The molecule has 0 unspecified atom stereocenters. The molecule has 1 aromatic carbocycles. The van der Waals surface area contributed by atoms with Crippen molar-refractivity contribution >= 4 is 22.6 Å². The number of aliphatic imine (C=N–C) groups is 1. The smallest absolute Gasteiger partial charge is 0.164 e. The molecule has 0 fully saturated rings. The predicted molar refractivity (Wildman–Crippen MR) is 67.8 cm³/mol. The second kappa shape index (κ2) is 6.21. The zero-order valence-electron chi connectivity index (χ0n) is 8.79. The topological polar surface area (TPSA) is 112 Å². The van der Waals surface area contributed by atoms with Crippen LogP contribution in [0.5, 0.6) is 0 Å². The molecule has 17 heavy (non-hydrogen) atoms. The molecule has 84 valence electrons. The normalized spacial score (nSPS) is 12.2. The average molecular weight is 243 g/mol. The fourth-order valence-corrected chi connectivity index (χ4v) is 1.51. The molecule has 0 amide bonds. The van der Waals surface area contributed by atoms with Crippen molar-refractivity contribution in [1.29, 1.82) is 10.5 Å². The minimum atomic E-state index is -0.163. The summed E-state index contributed by atoms with van der Waals surface area (Å²) >= 11 is 0.871. The molecule has 0 saturated heterocycles. The van der Waals surface area contributed by atoms with E-state index >= 15 is 0 Å². The van der Waals surface area contributed by atoms with Crippen LogP contribution in [-0.2, 0) is 0 Å². The second-order valence-corrected chi connectivity index (χ2v) is 3.88. The highest BCUT2D eigenvalue weighted by Crippen LogP contribution is 2.19. The summed E-state index contributed by atoms with van der Waals surface area (Å²) in [7, 11) is 0. The summed E-state index contributed by atoms with van der Waals surface area (Å²) in [5.41, 5.74) is 11.5. The molecule has 0 aromatic heterocycles. The van der Waals surface area contributed by atoms with Crippen LogP contribution in [-0.4, -0.2) is 5.17 Å². The molecule has 4 N–H and O–H groups in total. The van der Waals surface area contributed by atoms with Gasteiger partial charge in [0.15, 0.2) is 5.17 Å². The van der Waals surface area contributed by atoms with Gasteiger partial charge < -0.3 is 11.5 Å². The number of nitrogens with zero attached hydrogens (tertiary/aromatic N) is 3. The maximum absolute atomic E-state index is 8.77. The van der Waals surface area contributed by atoms with Gasteiger partial charge in [-0.05, 0) is 23.9 Å². The van der Waals surface area contributed by atoms with Crippen molar-refractivity contribution in [3.8, 4) is 12.1 Å². The van der Waals surface area contributed by atoms with Gasteiger partial charge in [-0.15, -0.1) is 0 Å². The highest BCUT2D eigenvalue weighted by Gasteiger charge is 2.06. The molecule has 0 atom stereocenters. The Kier molecular flexibility index (Phi) is 4.61. The third-order valence-electron chi connectivity index (χ3n) is 1.67. The molecule has 0 radical (unpaired) electrons. The van der Waals surface area contributed by atoms with Gasteiger partial charge in [-0.3, -0.25) is 0 Å². The van der Waals surface area contributed by atoms with Gasteiger partial charge in [-0.1, -0.05) is 18.2 Å². The molecule has 0 heterocycles. The number of hydrogen-bond acceptors (Lipinski definition) is 5. The molecule has 5 nitrogen and oxygen atoms in total. The number of rotatable bonds is 2. The molecule has 1 aromatic rings. The Hall–Kier alpha value is -2.44. The van der Waals surface area contributed by atoms with Crippen LogP contribution >= 0.6 is 11.8 Å². The number of hydrogen-bond donors (Lipinski definition) is 2. The van der Waals surface area contributed by atoms with Crippen LogP contribution in [0.4, 0.5) is 5.69 Å². The second-order valence-electron chi connectivity index (χ2n) is 2.85. The van der Waals surface area contributed by atoms with Crippen LogP contribution in [0, 0.1) is 22.7 Å². The van der Waals surface area contributed by atoms with Crippen molar-refractivity contribution < 1.29 is 0 Å². The Morgan fingerprint density at radius 1 is 1.12 bits per heavy atom. The minimum absolute atomic E-state index is 0.0460. The molecule has 0 aliphatic heterocycles. The van der Waals surface area contributed by atoms with Crippen LogP contribution in [0.3, 0.4) is 0 Å². The van der Waals surface area contributed by atoms with Crippen molar-refractivity contribution in [2.45, 2.75) is 0 Å². The summed E-state index contributed by atoms with van der Waals surface area (Å²) in [6.07, 6.45) is 0. The van der Waals surface area contributed by atoms with E-state index in [1.807, 2.05) is 18.2 Å². The van der Waals surface area contributed by atoms with E-state index in [0.717, 1.165) is 11.8 Å². The Morgan fingerprint density at radius 2 is 1.76 bits per heavy atom. The lowest BCUT2D eigenvalue weighted by atomic mass is 10.3. The van der Waals surface area contributed by atoms with Gasteiger partial charge in [0.25, 0.3) is 0 Å². The molecule has 0 aliphatic carbocycles. The maximum atomic E-state index is 8.77. The highest BCUT2D eigenvalue weighted by atomic mass is 32.2. The van der Waals surface area contributed by atoms with Crippen LogP contribution in [0.25, 0.3) is 0 Å². The van der Waals surface area contributed by atoms with Crippen LogP contribution in [0.15, 0.2) is 45.9 Å². The third kappa shape index (κ3) is 3.90. The average Bonchev–Trinajstić information content (AvgIpc) is 2.36. The summed E-state index contributed by atoms with van der Waals surface area (Å²) in [5, 5.41) is 17.5. The van der Waals surface area contributed by atoms with E-state index in [9.17, 15) is 0 Å². The highest BCUT2D eigenvalue weighted by molar-refractivity contribution is 8.17. The standard InChI is InChI=1S/C11H9N5S/c12-6-9(14)10(7-13)17-11(15)16-8-4-2-1-3-5-8/h1-5H,14H2,(H2,15,16). The van der Waals surface area contributed by atoms with Crippen LogP contribution in [0.1, 0.15) is 0 Å². The lowest BCUT2D eigenvalue weighted by Gasteiger charge is -1.99. The first-order valence-corrected chi connectivity index (χ1v) is 5.36. The number of para-hydroxylation sites is 1. The quantitative estimate of drug-likeness (QED) is 0.465. The zero-order chi connectivity index (χ0) is 12.7. The van der Waals surface area contributed by atoms with E-state index in [0.29, 0.717) is 5.69 Å². The molecule has 0 saturated carbocycles. The van der Waals surface area contributed by atoms with Crippen molar-refractivity contribution in [1.82, 2.24) is 0 Å². The van der Waals surface area contributed by atoms with Gasteiger partial charge in [0.05, 0.1) is 5.69 Å². The Balaban J connectivity index is 2.88. The molecule has 0 bridgehead atoms. The van der Waals surface area contributed by atoms with Gasteiger partial charge >= 0.3 is 0 Å². The van der Waals surface area contributed by atoms with Crippen LogP contribution < -0.4 is 11.5 Å². The molecule has 6 heteroatoms. The van der Waals surface area contributed by atoms with Gasteiger partial charge in [-0.2, -0.15) is 10.5 Å². The number of nitrogens with two attached hydrogens (primary N) is 2. The fourth-order valence-electron chi connectivity index (χ4n) is 0.946. The predicted octanol–water partition coefficient (Wildman–Crippen LogP) is 1.58. The van der Waals surface area contributed by atoms with Crippen molar-refractivity contribution in [2.24, 2.45) is 16.5 Å². The molecule has 1 rings (SSSR count).